The number of piperidine rings is 1. The number of carbonyl (C=O) groups excluding carboxylic acids is 1. The number of halogens is 1. The number of nitrogens with zero attached hydrogens (tertiary/aromatic N) is 1. The van der Waals surface area contributed by atoms with Crippen LogP contribution in [0.1, 0.15) is 34.3 Å². The SMILES string of the molecule is COc1ccc(CN2CCC(NC(=O)c3ccc4c(c3)CCO4)CC2)cc1F. The van der Waals surface area contributed by atoms with Gasteiger partial charge >= 0.3 is 0 Å². The smallest absolute Gasteiger partial charge is 0.251 e. The molecule has 28 heavy (non-hydrogen) atoms. The van der Waals surface area contributed by atoms with Crippen LogP contribution in [0.2, 0.25) is 0 Å². The second kappa shape index (κ2) is 8.19. The van der Waals surface area contributed by atoms with Crippen LogP contribution in [0, 0.1) is 5.82 Å². The zero-order valence-electron chi connectivity index (χ0n) is 16.0. The van der Waals surface area contributed by atoms with E-state index in [2.05, 4.69) is 10.2 Å². The molecular formula is C22H25FN2O3. The molecule has 0 unspecified atom stereocenters. The van der Waals surface area contributed by atoms with Crippen LogP contribution in [-0.2, 0) is 13.0 Å². The van der Waals surface area contributed by atoms with E-state index in [4.69, 9.17) is 9.47 Å². The van der Waals surface area contributed by atoms with Gasteiger partial charge in [-0.2, -0.15) is 0 Å². The van der Waals surface area contributed by atoms with E-state index in [1.807, 2.05) is 24.3 Å². The molecule has 0 bridgehead atoms. The second-order valence-corrected chi connectivity index (χ2v) is 7.41. The standard InChI is InChI=1S/C22H25FN2O3/c1-27-21-4-2-15(12-19(21)23)14-25-9-6-18(7-10-25)24-22(26)17-3-5-20-16(13-17)8-11-28-20/h2-5,12-13,18H,6-11,14H2,1H3,(H,24,26). The molecule has 1 amide bonds. The Morgan fingerprint density at radius 2 is 2.07 bits per heavy atom. The van der Waals surface area contributed by atoms with E-state index in [1.165, 1.54) is 13.2 Å². The Hall–Kier alpha value is -2.60. The largest absolute Gasteiger partial charge is 0.494 e. The van der Waals surface area contributed by atoms with E-state index in [0.717, 1.165) is 49.2 Å². The summed E-state index contributed by atoms with van der Waals surface area (Å²) in [5.74, 6) is 0.801. The number of nitrogens with one attached hydrogen (secondary N) is 1. The molecule has 2 heterocycles. The molecule has 1 saturated heterocycles. The third kappa shape index (κ3) is 4.12. The first-order valence-electron chi connectivity index (χ1n) is 9.74. The number of fused-ring (bicyclic) bond motifs is 1. The molecule has 0 aliphatic carbocycles. The van der Waals surface area contributed by atoms with Crippen LogP contribution < -0.4 is 14.8 Å². The lowest BCUT2D eigenvalue weighted by Crippen LogP contribution is -2.44. The molecule has 2 aliphatic heterocycles. The monoisotopic (exact) mass is 384 g/mol. The van der Waals surface area contributed by atoms with E-state index < -0.39 is 0 Å². The fraction of sp³-hybridized carbons (Fsp3) is 0.409. The van der Waals surface area contributed by atoms with Crippen LogP contribution >= 0.6 is 0 Å². The minimum atomic E-state index is -0.332. The van der Waals surface area contributed by atoms with Crippen molar-refractivity contribution >= 4 is 5.91 Å². The molecule has 0 spiro atoms. The summed E-state index contributed by atoms with van der Waals surface area (Å²) in [5.41, 5.74) is 2.73. The van der Waals surface area contributed by atoms with Crippen LogP contribution in [0.15, 0.2) is 36.4 Å². The molecule has 4 rings (SSSR count). The van der Waals surface area contributed by atoms with Gasteiger partial charge in [0.15, 0.2) is 11.6 Å². The first kappa shape index (κ1) is 18.7. The fourth-order valence-corrected chi connectivity index (χ4v) is 3.90. The minimum absolute atomic E-state index is 0.0228. The Balaban J connectivity index is 1.28. The molecule has 2 aromatic rings. The summed E-state index contributed by atoms with van der Waals surface area (Å²) in [6.07, 6.45) is 2.64. The molecule has 148 valence electrons. The van der Waals surface area contributed by atoms with Gasteiger partial charge in [-0.05, 0) is 54.3 Å². The maximum atomic E-state index is 13.9. The van der Waals surface area contributed by atoms with E-state index in [9.17, 15) is 9.18 Å². The Kier molecular flexibility index (Phi) is 5.48. The summed E-state index contributed by atoms with van der Waals surface area (Å²) in [6.45, 7) is 3.14. The number of ether oxygens (including phenoxy) is 2. The van der Waals surface area contributed by atoms with Gasteiger partial charge < -0.3 is 14.8 Å². The van der Waals surface area contributed by atoms with Crippen molar-refractivity contribution in [2.45, 2.75) is 31.8 Å². The van der Waals surface area contributed by atoms with Crippen LogP contribution in [-0.4, -0.2) is 43.7 Å². The van der Waals surface area contributed by atoms with Gasteiger partial charge in [-0.3, -0.25) is 9.69 Å². The summed E-state index contributed by atoms with van der Waals surface area (Å²) in [7, 11) is 1.47. The normalized spacial score (nSPS) is 17.1. The lowest BCUT2D eigenvalue weighted by molar-refractivity contribution is 0.0909. The van der Waals surface area contributed by atoms with Gasteiger partial charge in [0.2, 0.25) is 0 Å². The van der Waals surface area contributed by atoms with Crippen molar-refractivity contribution in [3.63, 3.8) is 0 Å². The zero-order valence-corrected chi connectivity index (χ0v) is 16.0. The summed E-state index contributed by atoms with van der Waals surface area (Å²) < 4.78 is 24.3. The molecule has 2 aliphatic rings. The van der Waals surface area contributed by atoms with Gasteiger partial charge in [-0.25, -0.2) is 4.39 Å². The van der Waals surface area contributed by atoms with Crippen molar-refractivity contribution in [2.24, 2.45) is 0 Å². The lowest BCUT2D eigenvalue weighted by Gasteiger charge is -2.32. The number of rotatable bonds is 5. The molecule has 0 atom stereocenters. The fourth-order valence-electron chi connectivity index (χ4n) is 3.90. The first-order valence-corrected chi connectivity index (χ1v) is 9.74. The Bertz CT molecular complexity index is 863. The number of amides is 1. The minimum Gasteiger partial charge on any atom is -0.494 e. The van der Waals surface area contributed by atoms with E-state index in [1.54, 1.807) is 6.07 Å². The van der Waals surface area contributed by atoms with Crippen LogP contribution in [0.4, 0.5) is 4.39 Å². The highest BCUT2D eigenvalue weighted by atomic mass is 19.1. The maximum Gasteiger partial charge on any atom is 0.251 e. The third-order valence-electron chi connectivity index (χ3n) is 5.50. The average molecular weight is 384 g/mol. The van der Waals surface area contributed by atoms with Gasteiger partial charge in [-0.1, -0.05) is 6.07 Å². The highest BCUT2D eigenvalue weighted by molar-refractivity contribution is 5.94. The molecule has 6 heteroatoms. The predicted octanol–water partition coefficient (Wildman–Crippen LogP) is 3.16. The first-order chi connectivity index (χ1) is 13.6. The summed E-state index contributed by atoms with van der Waals surface area (Å²) in [4.78, 5) is 14.9. The van der Waals surface area contributed by atoms with Gasteiger partial charge in [0, 0.05) is 37.7 Å². The summed E-state index contributed by atoms with van der Waals surface area (Å²) in [6, 6.07) is 10.9. The van der Waals surface area contributed by atoms with Gasteiger partial charge in [0.05, 0.1) is 13.7 Å². The average Bonchev–Trinajstić information content (AvgIpc) is 3.17. The molecule has 2 aromatic carbocycles. The lowest BCUT2D eigenvalue weighted by atomic mass is 10.0. The second-order valence-electron chi connectivity index (χ2n) is 7.41. The highest BCUT2D eigenvalue weighted by Crippen LogP contribution is 2.26. The number of hydrogen-bond acceptors (Lipinski definition) is 4. The molecule has 5 nitrogen and oxygen atoms in total. The number of likely N-dealkylation sites (tertiary alicyclic amines) is 1. The van der Waals surface area contributed by atoms with Gasteiger partial charge in [0.25, 0.3) is 5.91 Å². The summed E-state index contributed by atoms with van der Waals surface area (Å²) >= 11 is 0. The quantitative estimate of drug-likeness (QED) is 0.860. The topological polar surface area (TPSA) is 50.8 Å². The molecule has 0 aromatic heterocycles. The number of hydrogen-bond donors (Lipinski definition) is 1. The Morgan fingerprint density at radius 1 is 1.25 bits per heavy atom. The van der Waals surface area contributed by atoms with Crippen molar-refractivity contribution < 1.29 is 18.7 Å². The zero-order chi connectivity index (χ0) is 19.5. The van der Waals surface area contributed by atoms with E-state index >= 15 is 0 Å². The van der Waals surface area contributed by atoms with Crippen LogP contribution in [0.5, 0.6) is 11.5 Å². The van der Waals surface area contributed by atoms with Crippen molar-refractivity contribution in [1.82, 2.24) is 10.2 Å². The molecule has 1 fully saturated rings. The number of methoxy groups -OCH3 is 1. The van der Waals surface area contributed by atoms with E-state index in [-0.39, 0.29) is 23.5 Å². The van der Waals surface area contributed by atoms with E-state index in [0.29, 0.717) is 18.7 Å². The van der Waals surface area contributed by atoms with Crippen molar-refractivity contribution in [2.75, 3.05) is 26.8 Å². The molecule has 0 radical (unpaired) electrons. The van der Waals surface area contributed by atoms with Crippen LogP contribution in [0.3, 0.4) is 0 Å². The number of carbonyl (C=O) groups is 1. The predicted molar refractivity (Wildman–Crippen MR) is 104 cm³/mol. The van der Waals surface area contributed by atoms with Gasteiger partial charge in [0.1, 0.15) is 5.75 Å². The molecule has 1 N–H and O–H groups in total. The third-order valence-corrected chi connectivity index (χ3v) is 5.50. The maximum absolute atomic E-state index is 13.9. The Morgan fingerprint density at radius 3 is 2.82 bits per heavy atom. The van der Waals surface area contributed by atoms with Gasteiger partial charge in [-0.15, -0.1) is 0 Å². The molecular weight excluding hydrogens is 359 g/mol. The number of benzene rings is 2. The van der Waals surface area contributed by atoms with Crippen molar-refractivity contribution in [3.8, 4) is 11.5 Å². The van der Waals surface area contributed by atoms with Crippen LogP contribution in [0.25, 0.3) is 0 Å². The molecule has 0 saturated carbocycles. The highest BCUT2D eigenvalue weighted by Gasteiger charge is 2.22. The Labute approximate surface area is 164 Å². The van der Waals surface area contributed by atoms with Crippen molar-refractivity contribution in [1.29, 1.82) is 0 Å². The summed E-state index contributed by atoms with van der Waals surface area (Å²) in [5, 5.41) is 3.15. The van der Waals surface area contributed by atoms with Crippen molar-refractivity contribution in [3.05, 3.63) is 58.9 Å².